The lowest BCUT2D eigenvalue weighted by molar-refractivity contribution is 0.155. The standard InChI is InChI=1S/C12H18N2/c1-10-7-12(8-10,9-13-2)11-3-5-14-6-4-11/h3-6,10,13H,7-9H2,1-2H3. The van der Waals surface area contributed by atoms with Gasteiger partial charge < -0.3 is 5.32 Å². The summed E-state index contributed by atoms with van der Waals surface area (Å²) in [6.07, 6.45) is 6.40. The first-order chi connectivity index (χ1) is 6.77. The highest BCUT2D eigenvalue weighted by atomic mass is 14.8. The molecule has 0 aliphatic heterocycles. The first-order valence-corrected chi connectivity index (χ1v) is 5.32. The van der Waals surface area contributed by atoms with Crippen LogP contribution >= 0.6 is 0 Å². The summed E-state index contributed by atoms with van der Waals surface area (Å²) in [4.78, 5) is 4.08. The molecule has 0 spiro atoms. The van der Waals surface area contributed by atoms with E-state index in [1.54, 1.807) is 0 Å². The van der Waals surface area contributed by atoms with Crippen molar-refractivity contribution in [3.8, 4) is 0 Å². The molecule has 1 saturated carbocycles. The minimum Gasteiger partial charge on any atom is -0.319 e. The van der Waals surface area contributed by atoms with Crippen LogP contribution in [0.4, 0.5) is 0 Å². The number of likely N-dealkylation sites (N-methyl/N-ethyl adjacent to an activating group) is 1. The van der Waals surface area contributed by atoms with Gasteiger partial charge in [0.05, 0.1) is 0 Å². The number of rotatable bonds is 3. The fraction of sp³-hybridized carbons (Fsp3) is 0.583. The minimum absolute atomic E-state index is 0.386. The van der Waals surface area contributed by atoms with E-state index in [0.29, 0.717) is 5.41 Å². The molecule has 1 N–H and O–H groups in total. The fourth-order valence-corrected chi connectivity index (χ4v) is 2.80. The summed E-state index contributed by atoms with van der Waals surface area (Å²) >= 11 is 0. The molecule has 1 aliphatic rings. The lowest BCUT2D eigenvalue weighted by Crippen LogP contribution is -2.47. The highest BCUT2D eigenvalue weighted by molar-refractivity contribution is 5.27. The third kappa shape index (κ3) is 1.55. The van der Waals surface area contributed by atoms with E-state index < -0.39 is 0 Å². The highest BCUT2D eigenvalue weighted by Crippen LogP contribution is 2.46. The second kappa shape index (κ2) is 3.70. The Morgan fingerprint density at radius 1 is 1.43 bits per heavy atom. The zero-order chi connectivity index (χ0) is 10.0. The van der Waals surface area contributed by atoms with E-state index in [9.17, 15) is 0 Å². The van der Waals surface area contributed by atoms with Crippen LogP contribution in [0.5, 0.6) is 0 Å². The molecular formula is C12H18N2. The van der Waals surface area contributed by atoms with Crippen LogP contribution in [-0.4, -0.2) is 18.6 Å². The van der Waals surface area contributed by atoms with Gasteiger partial charge in [-0.15, -0.1) is 0 Å². The average molecular weight is 190 g/mol. The van der Waals surface area contributed by atoms with Crippen molar-refractivity contribution in [2.24, 2.45) is 5.92 Å². The van der Waals surface area contributed by atoms with Gasteiger partial charge in [-0.2, -0.15) is 0 Å². The Labute approximate surface area is 85.7 Å². The van der Waals surface area contributed by atoms with Crippen LogP contribution in [0.1, 0.15) is 25.3 Å². The van der Waals surface area contributed by atoms with Crippen LogP contribution in [0.25, 0.3) is 0 Å². The lowest BCUT2D eigenvalue weighted by atomic mass is 9.59. The van der Waals surface area contributed by atoms with Crippen molar-refractivity contribution in [3.63, 3.8) is 0 Å². The van der Waals surface area contributed by atoms with Crippen molar-refractivity contribution in [1.82, 2.24) is 10.3 Å². The normalized spacial score (nSPS) is 31.1. The Bertz CT molecular complexity index is 283. The number of hydrogen-bond acceptors (Lipinski definition) is 2. The molecule has 1 fully saturated rings. The van der Waals surface area contributed by atoms with Crippen molar-refractivity contribution >= 4 is 0 Å². The summed E-state index contributed by atoms with van der Waals surface area (Å²) in [5, 5.41) is 3.31. The molecule has 0 saturated heterocycles. The van der Waals surface area contributed by atoms with E-state index in [2.05, 4.69) is 29.4 Å². The van der Waals surface area contributed by atoms with Crippen molar-refractivity contribution in [2.45, 2.75) is 25.2 Å². The summed E-state index contributed by atoms with van der Waals surface area (Å²) in [5.74, 6) is 0.872. The Morgan fingerprint density at radius 2 is 2.07 bits per heavy atom. The molecule has 0 unspecified atom stereocenters. The Balaban J connectivity index is 2.20. The van der Waals surface area contributed by atoms with Gasteiger partial charge in [0, 0.05) is 24.4 Å². The van der Waals surface area contributed by atoms with Gasteiger partial charge in [0.25, 0.3) is 0 Å². The minimum atomic E-state index is 0.386. The van der Waals surface area contributed by atoms with Crippen molar-refractivity contribution in [1.29, 1.82) is 0 Å². The zero-order valence-electron chi connectivity index (χ0n) is 8.96. The Morgan fingerprint density at radius 3 is 2.57 bits per heavy atom. The molecule has 2 nitrogen and oxygen atoms in total. The Hall–Kier alpha value is -0.890. The molecule has 0 aromatic carbocycles. The molecular weight excluding hydrogens is 172 g/mol. The van der Waals surface area contributed by atoms with E-state index >= 15 is 0 Å². The Kier molecular flexibility index (Phi) is 2.55. The van der Waals surface area contributed by atoms with E-state index in [1.165, 1.54) is 18.4 Å². The molecule has 76 valence electrons. The number of aromatic nitrogens is 1. The van der Waals surface area contributed by atoms with Crippen molar-refractivity contribution in [2.75, 3.05) is 13.6 Å². The molecule has 0 atom stereocenters. The topological polar surface area (TPSA) is 24.9 Å². The van der Waals surface area contributed by atoms with Crippen LogP contribution in [0, 0.1) is 5.92 Å². The molecule has 0 bridgehead atoms. The highest BCUT2D eigenvalue weighted by Gasteiger charge is 2.42. The molecule has 2 heteroatoms. The summed E-state index contributed by atoms with van der Waals surface area (Å²) in [5.41, 5.74) is 1.83. The van der Waals surface area contributed by atoms with Gasteiger partial charge in [-0.3, -0.25) is 4.98 Å². The number of nitrogens with zero attached hydrogens (tertiary/aromatic N) is 1. The molecule has 1 heterocycles. The van der Waals surface area contributed by atoms with E-state index in [1.807, 2.05) is 19.4 Å². The first-order valence-electron chi connectivity index (χ1n) is 5.32. The molecule has 0 amide bonds. The number of nitrogens with one attached hydrogen (secondary N) is 1. The van der Waals surface area contributed by atoms with Gasteiger partial charge in [0.1, 0.15) is 0 Å². The number of pyridine rings is 1. The summed E-state index contributed by atoms with van der Waals surface area (Å²) < 4.78 is 0. The maximum absolute atomic E-state index is 4.08. The SMILES string of the molecule is CNCC1(c2ccncc2)CC(C)C1. The average Bonchev–Trinajstić information content (AvgIpc) is 2.17. The number of hydrogen-bond donors (Lipinski definition) is 1. The smallest absolute Gasteiger partial charge is 0.0270 e. The zero-order valence-corrected chi connectivity index (χ0v) is 8.96. The van der Waals surface area contributed by atoms with E-state index in [4.69, 9.17) is 0 Å². The molecule has 1 aromatic heterocycles. The predicted molar refractivity (Wildman–Crippen MR) is 58.2 cm³/mol. The molecule has 0 radical (unpaired) electrons. The maximum Gasteiger partial charge on any atom is 0.0270 e. The van der Waals surface area contributed by atoms with Gasteiger partial charge in [0.15, 0.2) is 0 Å². The van der Waals surface area contributed by atoms with Crippen LogP contribution in [0.3, 0.4) is 0 Å². The van der Waals surface area contributed by atoms with Gasteiger partial charge >= 0.3 is 0 Å². The van der Waals surface area contributed by atoms with Crippen molar-refractivity contribution < 1.29 is 0 Å². The first kappa shape index (κ1) is 9.66. The summed E-state index contributed by atoms with van der Waals surface area (Å²) in [7, 11) is 2.03. The fourth-order valence-electron chi connectivity index (χ4n) is 2.80. The maximum atomic E-state index is 4.08. The second-order valence-corrected chi connectivity index (χ2v) is 4.56. The van der Waals surface area contributed by atoms with Crippen LogP contribution < -0.4 is 5.32 Å². The van der Waals surface area contributed by atoms with Crippen LogP contribution in [0.2, 0.25) is 0 Å². The monoisotopic (exact) mass is 190 g/mol. The third-order valence-electron chi connectivity index (χ3n) is 3.29. The van der Waals surface area contributed by atoms with Gasteiger partial charge in [-0.05, 0) is 43.5 Å². The van der Waals surface area contributed by atoms with Crippen molar-refractivity contribution in [3.05, 3.63) is 30.1 Å². The quantitative estimate of drug-likeness (QED) is 0.788. The second-order valence-electron chi connectivity index (χ2n) is 4.56. The van der Waals surface area contributed by atoms with Crippen LogP contribution in [-0.2, 0) is 5.41 Å². The lowest BCUT2D eigenvalue weighted by Gasteiger charge is -2.47. The van der Waals surface area contributed by atoms with E-state index in [-0.39, 0.29) is 0 Å². The molecule has 2 rings (SSSR count). The van der Waals surface area contributed by atoms with Crippen LogP contribution in [0.15, 0.2) is 24.5 Å². The molecule has 14 heavy (non-hydrogen) atoms. The third-order valence-corrected chi connectivity index (χ3v) is 3.29. The van der Waals surface area contributed by atoms with Gasteiger partial charge in [0.2, 0.25) is 0 Å². The molecule has 1 aliphatic carbocycles. The van der Waals surface area contributed by atoms with Gasteiger partial charge in [-0.25, -0.2) is 0 Å². The largest absolute Gasteiger partial charge is 0.319 e. The predicted octanol–water partition coefficient (Wildman–Crippen LogP) is 1.97. The van der Waals surface area contributed by atoms with Gasteiger partial charge in [-0.1, -0.05) is 6.92 Å². The summed E-state index contributed by atoms with van der Waals surface area (Å²) in [6.45, 7) is 3.41. The summed E-state index contributed by atoms with van der Waals surface area (Å²) in [6, 6.07) is 4.31. The molecule has 1 aromatic rings. The van der Waals surface area contributed by atoms with E-state index in [0.717, 1.165) is 12.5 Å².